The molecule has 0 aliphatic rings. The number of hydrogen-bond acceptors (Lipinski definition) is 5. The topological polar surface area (TPSA) is 87.7 Å². The van der Waals surface area contributed by atoms with Crippen LogP contribution in [-0.2, 0) is 16.6 Å². The summed E-state index contributed by atoms with van der Waals surface area (Å²) >= 11 is 1.59. The molecule has 0 aliphatic heterocycles. The summed E-state index contributed by atoms with van der Waals surface area (Å²) in [5.41, 5.74) is 2.70. The lowest BCUT2D eigenvalue weighted by Crippen LogP contribution is -2.23. The van der Waals surface area contributed by atoms with Gasteiger partial charge in [-0.05, 0) is 29.1 Å². The minimum Gasteiger partial charge on any atom is -0.335 e. The summed E-state index contributed by atoms with van der Waals surface area (Å²) < 4.78 is 26.5. The molecule has 0 spiro atoms. The van der Waals surface area contributed by atoms with Crippen LogP contribution in [0, 0.1) is 0 Å². The van der Waals surface area contributed by atoms with E-state index in [0.717, 1.165) is 16.8 Å². The summed E-state index contributed by atoms with van der Waals surface area (Å²) in [7, 11) is -3.57. The van der Waals surface area contributed by atoms with E-state index in [0.29, 0.717) is 0 Å². The molecule has 2 N–H and O–H groups in total. The van der Waals surface area contributed by atoms with E-state index >= 15 is 0 Å². The van der Waals surface area contributed by atoms with E-state index in [9.17, 15) is 8.42 Å². The van der Waals surface area contributed by atoms with Gasteiger partial charge in [-0.1, -0.05) is 0 Å². The number of nitrogens with one attached hydrogen (secondary N) is 2. The summed E-state index contributed by atoms with van der Waals surface area (Å²) in [5.74, 6) is 0. The highest BCUT2D eigenvalue weighted by molar-refractivity contribution is 7.89. The number of thiophene rings is 1. The van der Waals surface area contributed by atoms with Gasteiger partial charge >= 0.3 is 0 Å². The number of pyridine rings is 1. The Morgan fingerprint density at radius 3 is 2.95 bits per heavy atom. The van der Waals surface area contributed by atoms with Crippen molar-refractivity contribution in [2.24, 2.45) is 0 Å². The Kier molecular flexibility index (Phi) is 3.82. The second kappa shape index (κ2) is 5.76. The van der Waals surface area contributed by atoms with Gasteiger partial charge in [0.2, 0.25) is 0 Å². The molecule has 3 aromatic heterocycles. The van der Waals surface area contributed by atoms with Crippen LogP contribution in [-0.4, -0.2) is 23.4 Å². The van der Waals surface area contributed by atoms with E-state index < -0.39 is 10.0 Å². The van der Waals surface area contributed by atoms with E-state index in [4.69, 9.17) is 0 Å². The fourth-order valence-corrected chi connectivity index (χ4v) is 3.37. The summed E-state index contributed by atoms with van der Waals surface area (Å²) in [6.45, 7) is 0.195. The minimum atomic E-state index is -3.57. The molecule has 0 unspecified atom stereocenters. The molecule has 8 heteroatoms. The van der Waals surface area contributed by atoms with Gasteiger partial charge in [0.25, 0.3) is 10.0 Å². The molecule has 0 aliphatic carbocycles. The van der Waals surface area contributed by atoms with Gasteiger partial charge in [0.1, 0.15) is 0 Å². The molecule has 0 amide bonds. The van der Waals surface area contributed by atoms with Gasteiger partial charge in [-0.3, -0.25) is 4.98 Å². The van der Waals surface area contributed by atoms with Crippen molar-refractivity contribution in [2.45, 2.75) is 11.6 Å². The Morgan fingerprint density at radius 2 is 2.24 bits per heavy atom. The molecule has 0 aromatic carbocycles. The molecular weight excluding hydrogens is 308 g/mol. The minimum absolute atomic E-state index is 0.0506. The van der Waals surface area contributed by atoms with Gasteiger partial charge in [0.15, 0.2) is 5.03 Å². The molecule has 3 heterocycles. The second-order valence-electron chi connectivity index (χ2n) is 4.30. The van der Waals surface area contributed by atoms with Crippen molar-refractivity contribution in [2.75, 3.05) is 0 Å². The summed E-state index contributed by atoms with van der Waals surface area (Å²) in [6.07, 6.45) is 4.27. The number of imidazole rings is 1. The molecule has 0 fully saturated rings. The highest BCUT2D eigenvalue weighted by Crippen LogP contribution is 2.20. The Hall–Kier alpha value is -2.03. The third kappa shape index (κ3) is 3.18. The first kappa shape index (κ1) is 13.9. The fraction of sp³-hybridized carbons (Fsp3) is 0.0769. The maximum absolute atomic E-state index is 12.0. The number of sulfonamides is 1. The zero-order chi connectivity index (χ0) is 14.7. The number of nitrogens with zero attached hydrogens (tertiary/aromatic N) is 2. The average Bonchev–Trinajstić information content (AvgIpc) is 3.18. The van der Waals surface area contributed by atoms with Crippen LogP contribution < -0.4 is 4.72 Å². The monoisotopic (exact) mass is 320 g/mol. The van der Waals surface area contributed by atoms with E-state index in [2.05, 4.69) is 19.7 Å². The van der Waals surface area contributed by atoms with Crippen LogP contribution in [0.25, 0.3) is 11.3 Å². The van der Waals surface area contributed by atoms with Crippen LogP contribution in [0.1, 0.15) is 5.56 Å². The van der Waals surface area contributed by atoms with Gasteiger partial charge in [-0.15, -0.1) is 0 Å². The molecule has 3 aromatic rings. The number of rotatable bonds is 5. The maximum Gasteiger partial charge on any atom is 0.257 e. The molecule has 3 rings (SSSR count). The summed E-state index contributed by atoms with van der Waals surface area (Å²) in [5, 5.41) is 4.03. The summed E-state index contributed by atoms with van der Waals surface area (Å²) in [4.78, 5) is 10.6. The van der Waals surface area contributed by atoms with Crippen molar-refractivity contribution >= 4 is 21.4 Å². The van der Waals surface area contributed by atoms with Crippen LogP contribution in [0.15, 0.2) is 52.7 Å². The first-order valence-electron chi connectivity index (χ1n) is 6.11. The lowest BCUT2D eigenvalue weighted by atomic mass is 10.1. The van der Waals surface area contributed by atoms with Crippen LogP contribution in [0.5, 0.6) is 0 Å². The van der Waals surface area contributed by atoms with Gasteiger partial charge < -0.3 is 4.98 Å². The zero-order valence-corrected chi connectivity index (χ0v) is 12.5. The SMILES string of the molecule is O=S(=O)(NCc1ccnc(-c2ccsc2)c1)c1cnc[nH]1. The molecule has 6 nitrogen and oxygen atoms in total. The molecule has 108 valence electrons. The Bertz CT molecular complexity index is 812. The molecule has 0 bridgehead atoms. The largest absolute Gasteiger partial charge is 0.335 e. The first-order valence-corrected chi connectivity index (χ1v) is 8.53. The van der Waals surface area contributed by atoms with Gasteiger partial charge in [0, 0.05) is 23.7 Å². The number of aromatic amines is 1. The Labute approximate surface area is 126 Å². The molecule has 0 radical (unpaired) electrons. The van der Waals surface area contributed by atoms with Gasteiger partial charge in [-0.25, -0.2) is 18.1 Å². The average molecular weight is 320 g/mol. The lowest BCUT2D eigenvalue weighted by molar-refractivity contribution is 0.578. The predicted molar refractivity (Wildman–Crippen MR) is 80.2 cm³/mol. The van der Waals surface area contributed by atoms with Gasteiger partial charge in [0.05, 0.1) is 18.2 Å². The predicted octanol–water partition coefficient (Wildman–Crippen LogP) is 2.01. The quantitative estimate of drug-likeness (QED) is 0.753. The Morgan fingerprint density at radius 1 is 1.33 bits per heavy atom. The van der Waals surface area contributed by atoms with E-state index in [-0.39, 0.29) is 11.6 Å². The van der Waals surface area contributed by atoms with Crippen molar-refractivity contribution in [1.82, 2.24) is 19.7 Å². The normalized spacial score (nSPS) is 11.6. The van der Waals surface area contributed by atoms with Crippen LogP contribution in [0.2, 0.25) is 0 Å². The van der Waals surface area contributed by atoms with Crippen molar-refractivity contribution in [3.8, 4) is 11.3 Å². The fourth-order valence-electron chi connectivity index (χ4n) is 1.80. The molecule has 21 heavy (non-hydrogen) atoms. The molecule has 0 saturated carbocycles. The zero-order valence-electron chi connectivity index (χ0n) is 10.9. The van der Waals surface area contributed by atoms with E-state index in [1.54, 1.807) is 23.6 Å². The first-order chi connectivity index (χ1) is 10.1. The molecular formula is C13H12N4O2S2. The number of hydrogen-bond donors (Lipinski definition) is 2. The van der Waals surface area contributed by atoms with Crippen LogP contribution in [0.3, 0.4) is 0 Å². The van der Waals surface area contributed by atoms with Crippen molar-refractivity contribution < 1.29 is 8.42 Å². The standard InChI is InChI=1S/C13H12N4O2S2/c18-21(19,13-7-14-9-16-13)17-6-10-1-3-15-12(5-10)11-2-4-20-8-11/h1-5,7-9,17H,6H2,(H,14,16). The van der Waals surface area contributed by atoms with E-state index in [1.165, 1.54) is 12.5 Å². The third-order valence-corrected chi connectivity index (χ3v) is 4.88. The Balaban J connectivity index is 1.76. The third-order valence-electron chi connectivity index (χ3n) is 2.87. The maximum atomic E-state index is 12.0. The highest BCUT2D eigenvalue weighted by atomic mass is 32.2. The van der Waals surface area contributed by atoms with E-state index in [1.807, 2.05) is 22.9 Å². The number of H-pyrrole nitrogens is 1. The smallest absolute Gasteiger partial charge is 0.257 e. The molecule has 0 atom stereocenters. The second-order valence-corrected chi connectivity index (χ2v) is 6.82. The van der Waals surface area contributed by atoms with Crippen LogP contribution in [0.4, 0.5) is 0 Å². The van der Waals surface area contributed by atoms with Crippen molar-refractivity contribution in [1.29, 1.82) is 0 Å². The lowest BCUT2D eigenvalue weighted by Gasteiger charge is -2.06. The number of aromatic nitrogens is 3. The summed E-state index contributed by atoms with van der Waals surface area (Å²) in [6, 6.07) is 5.63. The van der Waals surface area contributed by atoms with Crippen LogP contribution >= 0.6 is 11.3 Å². The van der Waals surface area contributed by atoms with Crippen molar-refractivity contribution in [3.63, 3.8) is 0 Å². The molecule has 0 saturated heterocycles. The van der Waals surface area contributed by atoms with Crippen molar-refractivity contribution in [3.05, 3.63) is 53.2 Å². The highest BCUT2D eigenvalue weighted by Gasteiger charge is 2.15. The van der Waals surface area contributed by atoms with Gasteiger partial charge in [-0.2, -0.15) is 11.3 Å².